The molecule has 0 atom stereocenters. The molecule has 0 radical (unpaired) electrons. The molecule has 2 heterocycles. The van der Waals surface area contributed by atoms with Gasteiger partial charge >= 0.3 is 0 Å². The topological polar surface area (TPSA) is 47.8 Å². The van der Waals surface area contributed by atoms with Crippen molar-refractivity contribution in [2.45, 2.75) is 19.9 Å². The zero-order valence-corrected chi connectivity index (χ0v) is 14.7. The summed E-state index contributed by atoms with van der Waals surface area (Å²) in [7, 11) is 0. The molecule has 124 valence electrons. The molecular formula is C20H17N3OS. The maximum absolute atomic E-state index is 12.8. The van der Waals surface area contributed by atoms with Crippen molar-refractivity contribution in [1.29, 1.82) is 0 Å². The van der Waals surface area contributed by atoms with Crippen LogP contribution in [0.4, 0.5) is 0 Å². The van der Waals surface area contributed by atoms with Crippen LogP contribution in [-0.2, 0) is 13.0 Å². The third-order valence-electron chi connectivity index (χ3n) is 4.24. The Morgan fingerprint density at radius 3 is 2.44 bits per heavy atom. The van der Waals surface area contributed by atoms with Crippen molar-refractivity contribution in [2.75, 3.05) is 0 Å². The predicted octanol–water partition coefficient (Wildman–Crippen LogP) is 4.13. The van der Waals surface area contributed by atoms with Gasteiger partial charge < -0.3 is 0 Å². The van der Waals surface area contributed by atoms with Gasteiger partial charge in [0.1, 0.15) is 0 Å². The fraction of sp³-hybridized carbons (Fsp3) is 0.150. The van der Waals surface area contributed by atoms with Gasteiger partial charge in [-0.1, -0.05) is 66.7 Å². The summed E-state index contributed by atoms with van der Waals surface area (Å²) in [5.74, 6) is 0. The average molecular weight is 347 g/mol. The van der Waals surface area contributed by atoms with Gasteiger partial charge in [0.2, 0.25) is 0 Å². The van der Waals surface area contributed by atoms with Crippen molar-refractivity contribution < 1.29 is 0 Å². The molecule has 0 saturated carbocycles. The summed E-state index contributed by atoms with van der Waals surface area (Å²) in [6.07, 6.45) is 1.00. The Kier molecular flexibility index (Phi) is 4.15. The molecule has 0 spiro atoms. The molecule has 4 aromatic rings. The van der Waals surface area contributed by atoms with Crippen LogP contribution in [0.3, 0.4) is 0 Å². The largest absolute Gasteiger partial charge is 0.278 e. The summed E-state index contributed by atoms with van der Waals surface area (Å²) in [6.45, 7) is 2.56. The predicted molar refractivity (Wildman–Crippen MR) is 102 cm³/mol. The van der Waals surface area contributed by atoms with Gasteiger partial charge in [0.15, 0.2) is 4.83 Å². The summed E-state index contributed by atoms with van der Waals surface area (Å²) in [6, 6.07) is 20.2. The van der Waals surface area contributed by atoms with E-state index in [9.17, 15) is 4.79 Å². The Morgan fingerprint density at radius 1 is 1.00 bits per heavy atom. The van der Waals surface area contributed by atoms with E-state index in [1.54, 1.807) is 0 Å². The number of nitrogens with zero attached hydrogens (tertiary/aromatic N) is 3. The second-order valence-electron chi connectivity index (χ2n) is 5.92. The van der Waals surface area contributed by atoms with Crippen molar-refractivity contribution in [2.24, 2.45) is 0 Å². The van der Waals surface area contributed by atoms with Crippen molar-refractivity contribution >= 4 is 21.6 Å². The van der Waals surface area contributed by atoms with Crippen molar-refractivity contribution in [3.63, 3.8) is 0 Å². The SMILES string of the molecule is CCc1ccc(Cn2nnc3sc(-c4ccccc4)cc3c2=O)cc1. The Bertz CT molecular complexity index is 1070. The number of hydrogen-bond acceptors (Lipinski definition) is 4. The molecule has 5 heteroatoms. The van der Waals surface area contributed by atoms with Crippen LogP contribution in [-0.4, -0.2) is 15.0 Å². The highest BCUT2D eigenvalue weighted by Crippen LogP contribution is 2.30. The van der Waals surface area contributed by atoms with Gasteiger partial charge in [-0.15, -0.1) is 16.4 Å². The second kappa shape index (κ2) is 6.61. The van der Waals surface area contributed by atoms with Crippen LogP contribution in [0.15, 0.2) is 65.5 Å². The molecule has 0 aliphatic carbocycles. The van der Waals surface area contributed by atoms with E-state index in [0.29, 0.717) is 16.8 Å². The third-order valence-corrected chi connectivity index (χ3v) is 5.31. The minimum Gasteiger partial charge on any atom is -0.267 e. The molecule has 0 saturated heterocycles. The first kappa shape index (κ1) is 15.7. The van der Waals surface area contributed by atoms with Crippen LogP contribution in [0.5, 0.6) is 0 Å². The lowest BCUT2D eigenvalue weighted by Gasteiger charge is -2.04. The highest BCUT2D eigenvalue weighted by atomic mass is 32.1. The fourth-order valence-electron chi connectivity index (χ4n) is 2.78. The first-order chi connectivity index (χ1) is 12.2. The van der Waals surface area contributed by atoms with E-state index in [1.807, 2.05) is 48.5 Å². The maximum Gasteiger partial charge on any atom is 0.278 e. The van der Waals surface area contributed by atoms with Gasteiger partial charge in [-0.2, -0.15) is 0 Å². The van der Waals surface area contributed by atoms with Crippen molar-refractivity contribution in [3.05, 3.63) is 82.1 Å². The van der Waals surface area contributed by atoms with Crippen molar-refractivity contribution in [3.8, 4) is 10.4 Å². The molecule has 25 heavy (non-hydrogen) atoms. The third kappa shape index (κ3) is 3.10. The monoisotopic (exact) mass is 347 g/mol. The standard InChI is InChI=1S/C20H17N3OS/c1-2-14-8-10-15(11-9-14)13-23-20(24)17-12-18(25-19(17)21-22-23)16-6-4-3-5-7-16/h3-12H,2,13H2,1H3. The molecule has 0 fully saturated rings. The Hall–Kier alpha value is -2.79. The first-order valence-corrected chi connectivity index (χ1v) is 9.07. The molecule has 2 aromatic heterocycles. The van der Waals surface area contributed by atoms with E-state index in [1.165, 1.54) is 21.6 Å². The van der Waals surface area contributed by atoms with Crippen LogP contribution in [0.25, 0.3) is 20.7 Å². The quantitative estimate of drug-likeness (QED) is 0.558. The smallest absolute Gasteiger partial charge is 0.267 e. The molecule has 2 aromatic carbocycles. The number of fused-ring (bicyclic) bond motifs is 1. The normalized spacial score (nSPS) is 11.1. The Labute approximate surface area is 149 Å². The minimum atomic E-state index is -0.0944. The Balaban J connectivity index is 1.71. The summed E-state index contributed by atoms with van der Waals surface area (Å²) in [5.41, 5.74) is 3.32. The van der Waals surface area contributed by atoms with Gasteiger partial charge in [-0.05, 0) is 29.2 Å². The van der Waals surface area contributed by atoms with Crippen LogP contribution >= 0.6 is 11.3 Å². The van der Waals surface area contributed by atoms with E-state index in [-0.39, 0.29) is 5.56 Å². The molecule has 0 amide bonds. The van der Waals surface area contributed by atoms with Crippen molar-refractivity contribution in [1.82, 2.24) is 15.0 Å². The first-order valence-electron chi connectivity index (χ1n) is 8.25. The number of aryl methyl sites for hydroxylation is 1. The number of hydrogen-bond donors (Lipinski definition) is 0. The van der Waals surface area contributed by atoms with Gasteiger partial charge in [0.25, 0.3) is 5.56 Å². The van der Waals surface area contributed by atoms with E-state index in [4.69, 9.17) is 0 Å². The van der Waals surface area contributed by atoms with Gasteiger partial charge in [0.05, 0.1) is 11.9 Å². The van der Waals surface area contributed by atoms with Gasteiger partial charge in [0, 0.05) is 4.88 Å². The second-order valence-corrected chi connectivity index (χ2v) is 6.95. The summed E-state index contributed by atoms with van der Waals surface area (Å²) in [4.78, 5) is 14.5. The molecular weight excluding hydrogens is 330 g/mol. The lowest BCUT2D eigenvalue weighted by atomic mass is 10.1. The van der Waals surface area contributed by atoms with E-state index in [0.717, 1.165) is 22.4 Å². The lowest BCUT2D eigenvalue weighted by molar-refractivity contribution is 0.602. The summed E-state index contributed by atoms with van der Waals surface area (Å²) >= 11 is 1.50. The number of thiophene rings is 1. The summed E-state index contributed by atoms with van der Waals surface area (Å²) in [5, 5.41) is 8.99. The number of rotatable bonds is 4. The molecule has 0 aliphatic rings. The summed E-state index contributed by atoms with van der Waals surface area (Å²) < 4.78 is 1.44. The molecule has 0 bridgehead atoms. The fourth-order valence-corrected chi connectivity index (χ4v) is 3.76. The molecule has 4 rings (SSSR count). The zero-order valence-electron chi connectivity index (χ0n) is 13.8. The number of aromatic nitrogens is 3. The molecule has 0 aliphatic heterocycles. The average Bonchev–Trinajstić information content (AvgIpc) is 3.11. The highest BCUT2D eigenvalue weighted by Gasteiger charge is 2.11. The molecule has 0 unspecified atom stereocenters. The highest BCUT2D eigenvalue weighted by molar-refractivity contribution is 7.21. The lowest BCUT2D eigenvalue weighted by Crippen LogP contribution is -2.24. The van der Waals surface area contributed by atoms with Crippen LogP contribution in [0, 0.1) is 0 Å². The number of benzene rings is 2. The van der Waals surface area contributed by atoms with E-state index < -0.39 is 0 Å². The van der Waals surface area contributed by atoms with Crippen LogP contribution < -0.4 is 5.56 Å². The molecule has 4 nitrogen and oxygen atoms in total. The maximum atomic E-state index is 12.8. The zero-order chi connectivity index (χ0) is 17.2. The van der Waals surface area contributed by atoms with E-state index in [2.05, 4.69) is 29.4 Å². The van der Waals surface area contributed by atoms with Crippen LogP contribution in [0.2, 0.25) is 0 Å². The van der Waals surface area contributed by atoms with Crippen LogP contribution in [0.1, 0.15) is 18.1 Å². The van der Waals surface area contributed by atoms with E-state index >= 15 is 0 Å². The van der Waals surface area contributed by atoms with Gasteiger partial charge in [-0.3, -0.25) is 4.79 Å². The molecule has 0 N–H and O–H groups in total. The Morgan fingerprint density at radius 2 is 1.72 bits per heavy atom. The van der Waals surface area contributed by atoms with Gasteiger partial charge in [-0.25, -0.2) is 4.68 Å². The minimum absolute atomic E-state index is 0.0944.